The number of hydrogen-bond acceptors (Lipinski definition) is 6. The van der Waals surface area contributed by atoms with Gasteiger partial charge in [0.05, 0.1) is 36.6 Å². The smallest absolute Gasteiger partial charge is 0.252 e. The number of methoxy groups -OCH3 is 1. The predicted molar refractivity (Wildman–Crippen MR) is 67.2 cm³/mol. The second-order valence-electron chi connectivity index (χ2n) is 3.97. The van der Waals surface area contributed by atoms with Crippen LogP contribution in [0.25, 0.3) is 0 Å². The van der Waals surface area contributed by atoms with E-state index in [0.29, 0.717) is 13.2 Å². The van der Waals surface area contributed by atoms with Crippen LogP contribution in [0.2, 0.25) is 0 Å². The summed E-state index contributed by atoms with van der Waals surface area (Å²) < 4.78 is 37.5. The first-order chi connectivity index (χ1) is 8.56. The van der Waals surface area contributed by atoms with E-state index < -0.39 is 10.0 Å². The Labute approximate surface area is 110 Å². The van der Waals surface area contributed by atoms with Crippen LogP contribution < -0.4 is 4.72 Å². The Bertz CT molecular complexity index is 500. The highest BCUT2D eigenvalue weighted by molar-refractivity contribution is 7.91. The van der Waals surface area contributed by atoms with E-state index in [1.165, 1.54) is 17.5 Å². The number of nitrogens with zero attached hydrogens (tertiary/aromatic N) is 1. The van der Waals surface area contributed by atoms with Gasteiger partial charge in [0, 0.05) is 7.11 Å². The van der Waals surface area contributed by atoms with E-state index >= 15 is 0 Å². The molecule has 1 aromatic rings. The summed E-state index contributed by atoms with van der Waals surface area (Å²) in [4.78, 5) is 4.05. The van der Waals surface area contributed by atoms with Gasteiger partial charge in [0.25, 0.3) is 10.0 Å². The van der Waals surface area contributed by atoms with E-state index in [4.69, 9.17) is 9.47 Å². The zero-order valence-electron chi connectivity index (χ0n) is 10.3. The van der Waals surface area contributed by atoms with E-state index in [1.54, 1.807) is 7.11 Å². The van der Waals surface area contributed by atoms with Gasteiger partial charge in [-0.1, -0.05) is 6.92 Å². The lowest BCUT2D eigenvalue weighted by molar-refractivity contribution is 0.0761. The third kappa shape index (κ3) is 2.89. The number of aromatic nitrogens is 1. The molecule has 102 valence electrons. The van der Waals surface area contributed by atoms with E-state index in [-0.39, 0.29) is 16.4 Å². The number of sulfonamides is 1. The van der Waals surface area contributed by atoms with Crippen LogP contribution in [0.5, 0.6) is 0 Å². The van der Waals surface area contributed by atoms with Crippen molar-refractivity contribution < 1.29 is 17.9 Å². The maximum absolute atomic E-state index is 12.1. The van der Waals surface area contributed by atoms with Gasteiger partial charge in [-0.2, -0.15) is 0 Å². The molecule has 1 saturated heterocycles. The van der Waals surface area contributed by atoms with Crippen molar-refractivity contribution in [2.45, 2.75) is 29.7 Å². The molecular weight excluding hydrogens is 276 g/mol. The van der Waals surface area contributed by atoms with Crippen LogP contribution in [0.15, 0.2) is 10.4 Å². The lowest BCUT2D eigenvalue weighted by Gasteiger charge is -2.16. The number of thiazole rings is 1. The molecule has 1 aromatic heterocycles. The van der Waals surface area contributed by atoms with Crippen LogP contribution in [-0.4, -0.2) is 45.9 Å². The van der Waals surface area contributed by atoms with Gasteiger partial charge in [-0.25, -0.2) is 18.1 Å². The molecule has 2 atom stereocenters. The van der Waals surface area contributed by atoms with Crippen LogP contribution in [0.3, 0.4) is 0 Å². The first-order valence-corrected chi connectivity index (χ1v) is 7.94. The Morgan fingerprint density at radius 3 is 3.00 bits per heavy atom. The van der Waals surface area contributed by atoms with Crippen molar-refractivity contribution in [3.8, 4) is 0 Å². The topological polar surface area (TPSA) is 77.5 Å². The molecule has 0 unspecified atom stereocenters. The molecule has 2 heterocycles. The minimum atomic E-state index is -3.53. The highest BCUT2D eigenvalue weighted by Crippen LogP contribution is 2.20. The molecule has 0 amide bonds. The minimum Gasteiger partial charge on any atom is -0.377 e. The van der Waals surface area contributed by atoms with Crippen molar-refractivity contribution in [3.05, 3.63) is 11.2 Å². The van der Waals surface area contributed by atoms with Crippen LogP contribution >= 0.6 is 11.3 Å². The van der Waals surface area contributed by atoms with E-state index in [9.17, 15) is 8.42 Å². The summed E-state index contributed by atoms with van der Waals surface area (Å²) in [6.45, 7) is 2.68. The highest BCUT2D eigenvalue weighted by Gasteiger charge is 2.32. The molecule has 0 spiro atoms. The number of hydrogen-bond donors (Lipinski definition) is 1. The molecule has 1 N–H and O–H groups in total. The molecule has 0 radical (unpaired) electrons. The maximum Gasteiger partial charge on any atom is 0.252 e. The SMILES string of the molecule is CCc1ncc(S(=O)(=O)N[C@@H]2COC[C@@H]2OC)s1. The van der Waals surface area contributed by atoms with Crippen molar-refractivity contribution in [2.75, 3.05) is 20.3 Å². The fourth-order valence-corrected chi connectivity index (χ4v) is 4.10. The molecule has 2 rings (SSSR count). The Morgan fingerprint density at radius 1 is 1.61 bits per heavy atom. The van der Waals surface area contributed by atoms with E-state index in [2.05, 4.69) is 9.71 Å². The van der Waals surface area contributed by atoms with Crippen LogP contribution in [0.4, 0.5) is 0 Å². The summed E-state index contributed by atoms with van der Waals surface area (Å²) in [5.74, 6) is 0. The molecule has 0 aromatic carbocycles. The molecule has 0 aliphatic carbocycles. The third-order valence-electron chi connectivity index (χ3n) is 2.74. The third-order valence-corrected chi connectivity index (χ3v) is 5.83. The largest absolute Gasteiger partial charge is 0.377 e. The first-order valence-electron chi connectivity index (χ1n) is 5.64. The van der Waals surface area contributed by atoms with E-state index in [1.807, 2.05) is 6.92 Å². The molecule has 6 nitrogen and oxygen atoms in total. The molecule has 0 saturated carbocycles. The number of aryl methyl sites for hydroxylation is 1. The molecule has 1 fully saturated rings. The standard InChI is InChI=1S/C10H16N2O4S2/c1-3-9-11-4-10(17-9)18(13,14)12-7-5-16-6-8(7)15-2/h4,7-8,12H,3,5-6H2,1-2H3/t7-,8+/m1/s1. The monoisotopic (exact) mass is 292 g/mol. The highest BCUT2D eigenvalue weighted by atomic mass is 32.2. The summed E-state index contributed by atoms with van der Waals surface area (Å²) in [5, 5.41) is 0.807. The molecule has 18 heavy (non-hydrogen) atoms. The van der Waals surface area contributed by atoms with Crippen LogP contribution in [0, 0.1) is 0 Å². The minimum absolute atomic E-state index is 0.237. The second kappa shape index (κ2) is 5.62. The average Bonchev–Trinajstić information content (AvgIpc) is 2.96. The Balaban J connectivity index is 2.11. The van der Waals surface area contributed by atoms with E-state index in [0.717, 1.165) is 11.4 Å². The van der Waals surface area contributed by atoms with Gasteiger partial charge >= 0.3 is 0 Å². The van der Waals surface area contributed by atoms with Crippen molar-refractivity contribution >= 4 is 21.4 Å². The summed E-state index contributed by atoms with van der Waals surface area (Å²) in [6, 6.07) is -0.341. The Kier molecular flexibility index (Phi) is 4.33. The Morgan fingerprint density at radius 2 is 2.39 bits per heavy atom. The normalized spacial score (nSPS) is 24.6. The first kappa shape index (κ1) is 13.9. The fraction of sp³-hybridized carbons (Fsp3) is 0.700. The second-order valence-corrected chi connectivity index (χ2v) is 7.02. The van der Waals surface area contributed by atoms with Crippen LogP contribution in [0.1, 0.15) is 11.9 Å². The lowest BCUT2D eigenvalue weighted by Crippen LogP contribution is -2.43. The van der Waals surface area contributed by atoms with Crippen molar-refractivity contribution in [1.29, 1.82) is 0 Å². The quantitative estimate of drug-likeness (QED) is 0.850. The average molecular weight is 292 g/mol. The molecular formula is C10H16N2O4S2. The Hall–Kier alpha value is -0.540. The van der Waals surface area contributed by atoms with Crippen molar-refractivity contribution in [1.82, 2.24) is 9.71 Å². The lowest BCUT2D eigenvalue weighted by atomic mass is 10.2. The molecule has 1 aliphatic rings. The van der Waals surface area contributed by atoms with Crippen LogP contribution in [-0.2, 0) is 25.9 Å². The number of rotatable bonds is 5. The molecule has 8 heteroatoms. The van der Waals surface area contributed by atoms with Gasteiger partial charge in [-0.15, -0.1) is 11.3 Å². The zero-order valence-corrected chi connectivity index (χ0v) is 11.9. The van der Waals surface area contributed by atoms with Gasteiger partial charge in [0.15, 0.2) is 4.21 Å². The fourth-order valence-electron chi connectivity index (χ4n) is 1.72. The zero-order chi connectivity index (χ0) is 13.2. The predicted octanol–water partition coefficient (Wildman–Crippen LogP) is 0.398. The van der Waals surface area contributed by atoms with Gasteiger partial charge in [-0.05, 0) is 6.42 Å². The number of ether oxygens (including phenoxy) is 2. The number of nitrogens with one attached hydrogen (secondary N) is 1. The van der Waals surface area contributed by atoms with Gasteiger partial charge in [0.2, 0.25) is 0 Å². The maximum atomic E-state index is 12.1. The van der Waals surface area contributed by atoms with Crippen molar-refractivity contribution in [3.63, 3.8) is 0 Å². The van der Waals surface area contributed by atoms with Crippen molar-refractivity contribution in [2.24, 2.45) is 0 Å². The van der Waals surface area contributed by atoms with Gasteiger partial charge in [-0.3, -0.25) is 0 Å². The molecule has 0 bridgehead atoms. The summed E-state index contributed by atoms with van der Waals surface area (Å²) >= 11 is 1.19. The molecule has 1 aliphatic heterocycles. The van der Waals surface area contributed by atoms with Gasteiger partial charge in [0.1, 0.15) is 0 Å². The summed E-state index contributed by atoms with van der Waals surface area (Å²) in [7, 11) is -1.99. The van der Waals surface area contributed by atoms with Gasteiger partial charge < -0.3 is 9.47 Å². The summed E-state index contributed by atoms with van der Waals surface area (Å²) in [5.41, 5.74) is 0. The summed E-state index contributed by atoms with van der Waals surface area (Å²) in [6.07, 6.45) is 1.88.